The Balaban J connectivity index is 1.65. The summed E-state index contributed by atoms with van der Waals surface area (Å²) in [5, 5.41) is 8.55. The van der Waals surface area contributed by atoms with E-state index < -0.39 is 0 Å². The number of benzene rings is 1. The van der Waals surface area contributed by atoms with E-state index in [1.54, 1.807) is 35.5 Å². The molecule has 29 heavy (non-hydrogen) atoms. The van der Waals surface area contributed by atoms with Crippen molar-refractivity contribution in [3.63, 3.8) is 0 Å². The molecule has 3 heterocycles. The molecule has 0 aliphatic carbocycles. The van der Waals surface area contributed by atoms with Gasteiger partial charge < -0.3 is 9.73 Å². The number of oxazole rings is 1. The minimum atomic E-state index is -0.327. The van der Waals surface area contributed by atoms with Crippen LogP contribution >= 0.6 is 11.8 Å². The molecule has 0 radical (unpaired) electrons. The van der Waals surface area contributed by atoms with E-state index in [2.05, 4.69) is 20.4 Å². The Bertz CT molecular complexity index is 1160. The van der Waals surface area contributed by atoms with Gasteiger partial charge in [0.1, 0.15) is 17.8 Å². The molecule has 1 aromatic carbocycles. The van der Waals surface area contributed by atoms with Gasteiger partial charge in [0.2, 0.25) is 0 Å². The molecule has 0 aliphatic heterocycles. The van der Waals surface area contributed by atoms with Crippen LogP contribution in [-0.2, 0) is 0 Å². The topological polar surface area (TPSA) is 85.8 Å². The SMILES string of the molecule is CC[C@H](NC(=O)c1cncc2c1cnn2-c1ccc(F)cc1)c1coc(SC)n1. The van der Waals surface area contributed by atoms with E-state index in [-0.39, 0.29) is 17.8 Å². The van der Waals surface area contributed by atoms with Gasteiger partial charge in [0.15, 0.2) is 0 Å². The van der Waals surface area contributed by atoms with Crippen LogP contribution in [-0.4, -0.2) is 31.9 Å². The van der Waals surface area contributed by atoms with Gasteiger partial charge in [-0.05, 0) is 36.9 Å². The first kappa shape index (κ1) is 19.1. The van der Waals surface area contributed by atoms with E-state index in [0.717, 1.165) is 0 Å². The first-order chi connectivity index (χ1) is 14.1. The van der Waals surface area contributed by atoms with Crippen molar-refractivity contribution in [3.05, 3.63) is 66.2 Å². The number of amides is 1. The highest BCUT2D eigenvalue weighted by Crippen LogP contribution is 2.24. The van der Waals surface area contributed by atoms with Crippen LogP contribution < -0.4 is 5.32 Å². The Kier molecular flexibility index (Phi) is 5.30. The quantitative estimate of drug-likeness (QED) is 0.480. The highest BCUT2D eigenvalue weighted by atomic mass is 32.2. The molecular weight excluding hydrogens is 393 g/mol. The van der Waals surface area contributed by atoms with Crippen LogP contribution in [0.3, 0.4) is 0 Å². The summed E-state index contributed by atoms with van der Waals surface area (Å²) in [6, 6.07) is 5.68. The molecule has 1 N–H and O–H groups in total. The Hall–Kier alpha value is -3.20. The molecule has 0 aliphatic rings. The monoisotopic (exact) mass is 411 g/mol. The number of aromatic nitrogens is 4. The van der Waals surface area contributed by atoms with Crippen molar-refractivity contribution in [1.82, 2.24) is 25.1 Å². The van der Waals surface area contributed by atoms with E-state index in [9.17, 15) is 9.18 Å². The lowest BCUT2D eigenvalue weighted by molar-refractivity contribution is 0.0936. The van der Waals surface area contributed by atoms with Crippen molar-refractivity contribution < 1.29 is 13.6 Å². The molecule has 148 valence electrons. The number of pyridine rings is 1. The molecule has 0 fully saturated rings. The molecule has 7 nitrogen and oxygen atoms in total. The molecule has 0 saturated heterocycles. The average molecular weight is 411 g/mol. The van der Waals surface area contributed by atoms with Crippen molar-refractivity contribution in [2.45, 2.75) is 24.6 Å². The number of carbonyl (C=O) groups excluding carboxylic acids is 1. The zero-order chi connectivity index (χ0) is 20.4. The largest absolute Gasteiger partial charge is 0.440 e. The molecule has 1 amide bonds. The molecule has 9 heteroatoms. The Morgan fingerprint density at radius 1 is 1.28 bits per heavy atom. The van der Waals surface area contributed by atoms with Crippen LogP contribution in [0.2, 0.25) is 0 Å². The van der Waals surface area contributed by atoms with Crippen molar-refractivity contribution in [3.8, 4) is 5.69 Å². The normalized spacial score (nSPS) is 12.2. The van der Waals surface area contributed by atoms with E-state index in [4.69, 9.17) is 4.42 Å². The first-order valence-electron chi connectivity index (χ1n) is 8.98. The van der Waals surface area contributed by atoms with Gasteiger partial charge in [-0.3, -0.25) is 9.78 Å². The predicted molar refractivity (Wildman–Crippen MR) is 108 cm³/mol. The molecule has 0 saturated carbocycles. The zero-order valence-corrected chi connectivity index (χ0v) is 16.6. The van der Waals surface area contributed by atoms with Gasteiger partial charge in [0.25, 0.3) is 11.1 Å². The van der Waals surface area contributed by atoms with Gasteiger partial charge >= 0.3 is 0 Å². The number of nitrogens with zero attached hydrogens (tertiary/aromatic N) is 4. The van der Waals surface area contributed by atoms with Crippen LogP contribution in [0.4, 0.5) is 4.39 Å². The lowest BCUT2D eigenvalue weighted by atomic mass is 10.1. The summed E-state index contributed by atoms with van der Waals surface area (Å²) in [5.74, 6) is -0.603. The maximum atomic E-state index is 13.2. The molecule has 0 bridgehead atoms. The molecule has 4 rings (SSSR count). The number of nitrogens with one attached hydrogen (secondary N) is 1. The van der Waals surface area contributed by atoms with Gasteiger partial charge in [0.05, 0.1) is 35.2 Å². The average Bonchev–Trinajstić information content (AvgIpc) is 3.39. The Morgan fingerprint density at radius 2 is 2.07 bits per heavy atom. The fraction of sp³-hybridized carbons (Fsp3) is 0.200. The van der Waals surface area contributed by atoms with E-state index in [0.29, 0.717) is 39.5 Å². The van der Waals surface area contributed by atoms with Crippen LogP contribution in [0.15, 0.2) is 58.8 Å². The molecule has 0 unspecified atom stereocenters. The van der Waals surface area contributed by atoms with E-state index >= 15 is 0 Å². The van der Waals surface area contributed by atoms with Crippen LogP contribution in [0.5, 0.6) is 0 Å². The summed E-state index contributed by atoms with van der Waals surface area (Å²) in [6.45, 7) is 1.96. The summed E-state index contributed by atoms with van der Waals surface area (Å²) < 4.78 is 20.2. The van der Waals surface area contributed by atoms with Crippen molar-refractivity contribution in [2.24, 2.45) is 0 Å². The highest BCUT2D eigenvalue weighted by molar-refractivity contribution is 7.98. The number of thioether (sulfide) groups is 1. The number of carbonyl (C=O) groups is 1. The smallest absolute Gasteiger partial charge is 0.255 e. The van der Waals surface area contributed by atoms with Crippen LogP contribution in [0, 0.1) is 5.82 Å². The summed E-state index contributed by atoms with van der Waals surface area (Å²) in [6.07, 6.45) is 8.84. The predicted octanol–water partition coefficient (Wildman–Crippen LogP) is 4.15. The maximum Gasteiger partial charge on any atom is 0.255 e. The summed E-state index contributed by atoms with van der Waals surface area (Å²) in [5.41, 5.74) is 2.41. The van der Waals surface area contributed by atoms with Gasteiger partial charge in [-0.25, -0.2) is 14.1 Å². The third-order valence-corrected chi connectivity index (χ3v) is 5.10. The number of hydrogen-bond acceptors (Lipinski definition) is 6. The second-order valence-electron chi connectivity index (χ2n) is 6.33. The summed E-state index contributed by atoms with van der Waals surface area (Å²) >= 11 is 1.40. The standard InChI is InChI=1S/C20H18FN5O2S/c1-3-16(17-11-28-20(25-17)29-2)24-19(27)15-8-22-10-18-14(15)9-23-26(18)13-6-4-12(21)5-7-13/h4-11,16H,3H2,1-2H3,(H,24,27)/t16-/m0/s1. The van der Waals surface area contributed by atoms with Crippen LogP contribution in [0.1, 0.15) is 35.4 Å². The minimum Gasteiger partial charge on any atom is -0.440 e. The number of hydrogen-bond donors (Lipinski definition) is 1. The van der Waals surface area contributed by atoms with E-state index in [1.165, 1.54) is 30.1 Å². The highest BCUT2D eigenvalue weighted by Gasteiger charge is 2.20. The molecule has 4 aromatic rings. The zero-order valence-electron chi connectivity index (χ0n) is 15.8. The lowest BCUT2D eigenvalue weighted by Crippen LogP contribution is -2.28. The Morgan fingerprint density at radius 3 is 2.76 bits per heavy atom. The second kappa shape index (κ2) is 8.04. The van der Waals surface area contributed by atoms with Crippen molar-refractivity contribution in [1.29, 1.82) is 0 Å². The molecule has 0 spiro atoms. The van der Waals surface area contributed by atoms with E-state index in [1.807, 2.05) is 13.2 Å². The van der Waals surface area contributed by atoms with Gasteiger partial charge in [-0.2, -0.15) is 5.10 Å². The third-order valence-electron chi connectivity index (χ3n) is 4.56. The minimum absolute atomic E-state index is 0.276. The summed E-state index contributed by atoms with van der Waals surface area (Å²) in [4.78, 5) is 21.5. The van der Waals surface area contributed by atoms with Gasteiger partial charge in [-0.1, -0.05) is 18.7 Å². The Labute approximate surface area is 170 Å². The third kappa shape index (κ3) is 3.73. The first-order valence-corrected chi connectivity index (χ1v) is 10.2. The van der Waals surface area contributed by atoms with Crippen LogP contribution in [0.25, 0.3) is 16.6 Å². The van der Waals surface area contributed by atoms with Crippen molar-refractivity contribution in [2.75, 3.05) is 6.26 Å². The molecule has 3 aromatic heterocycles. The molecular formula is C20H18FN5O2S. The fourth-order valence-electron chi connectivity index (χ4n) is 3.05. The molecule has 1 atom stereocenters. The van der Waals surface area contributed by atoms with Gasteiger partial charge in [-0.15, -0.1) is 0 Å². The van der Waals surface area contributed by atoms with Crippen molar-refractivity contribution >= 4 is 28.6 Å². The maximum absolute atomic E-state index is 13.2. The number of fused-ring (bicyclic) bond motifs is 1. The summed E-state index contributed by atoms with van der Waals surface area (Å²) in [7, 11) is 0. The number of rotatable bonds is 6. The number of halogens is 1. The van der Waals surface area contributed by atoms with Gasteiger partial charge in [0, 0.05) is 11.6 Å². The second-order valence-corrected chi connectivity index (χ2v) is 7.09. The lowest BCUT2D eigenvalue weighted by Gasteiger charge is -2.14. The fourth-order valence-corrected chi connectivity index (χ4v) is 3.40.